The van der Waals surface area contributed by atoms with E-state index in [-0.39, 0.29) is 11.5 Å². The second-order valence-electron chi connectivity index (χ2n) is 7.18. The molecule has 1 atom stereocenters. The minimum Gasteiger partial charge on any atom is -0.479 e. The van der Waals surface area contributed by atoms with Gasteiger partial charge in [-0.25, -0.2) is 4.98 Å². The molecule has 0 amide bonds. The maximum absolute atomic E-state index is 9.07. The molecule has 1 aromatic carbocycles. The summed E-state index contributed by atoms with van der Waals surface area (Å²) in [5, 5.41) is 13.4. The van der Waals surface area contributed by atoms with Gasteiger partial charge in [0.1, 0.15) is 5.52 Å². The van der Waals surface area contributed by atoms with Gasteiger partial charge in [0.25, 0.3) is 0 Å². The molecule has 0 aliphatic rings. The number of methoxy groups -OCH3 is 1. The maximum Gasteiger partial charge on any atom is 0.240 e. The van der Waals surface area contributed by atoms with Crippen LogP contribution >= 0.6 is 0 Å². The van der Waals surface area contributed by atoms with E-state index in [0.29, 0.717) is 12.4 Å². The molecule has 144 valence electrons. The van der Waals surface area contributed by atoms with Crippen molar-refractivity contribution < 1.29 is 9.84 Å². The van der Waals surface area contributed by atoms with Gasteiger partial charge in [0.15, 0.2) is 0 Å². The van der Waals surface area contributed by atoms with Crippen molar-refractivity contribution in [1.82, 2.24) is 9.97 Å². The van der Waals surface area contributed by atoms with Crippen molar-refractivity contribution in [2.24, 2.45) is 11.1 Å². The van der Waals surface area contributed by atoms with Gasteiger partial charge in [0.05, 0.1) is 13.2 Å². The number of hydrogen-bond acceptors (Lipinski definition) is 6. The highest BCUT2D eigenvalue weighted by atomic mass is 16.5. The Balaban J connectivity index is 0.000000279. The summed E-state index contributed by atoms with van der Waals surface area (Å²) in [5.74, 6) is 0.536. The van der Waals surface area contributed by atoms with E-state index in [0.717, 1.165) is 22.3 Å². The molecule has 0 radical (unpaired) electrons. The van der Waals surface area contributed by atoms with Gasteiger partial charge in [-0.2, -0.15) is 0 Å². The second-order valence-corrected chi connectivity index (χ2v) is 7.18. The van der Waals surface area contributed by atoms with Crippen LogP contribution in [-0.4, -0.2) is 34.8 Å². The second kappa shape index (κ2) is 9.30. The SMILES string of the molecule is CC(C)(C)C(O)CN.COc1nccc2c(Nc3ccccc3)ccnc12. The van der Waals surface area contributed by atoms with E-state index in [1.807, 2.05) is 63.2 Å². The van der Waals surface area contributed by atoms with Gasteiger partial charge in [-0.3, -0.25) is 4.98 Å². The lowest BCUT2D eigenvalue weighted by Crippen LogP contribution is -2.33. The lowest BCUT2D eigenvalue weighted by atomic mass is 9.89. The van der Waals surface area contributed by atoms with E-state index in [4.69, 9.17) is 15.6 Å². The molecular weight excluding hydrogens is 340 g/mol. The third-order valence-corrected chi connectivity index (χ3v) is 4.09. The predicted molar refractivity (Wildman–Crippen MR) is 110 cm³/mol. The highest BCUT2D eigenvalue weighted by Gasteiger charge is 2.19. The largest absolute Gasteiger partial charge is 0.479 e. The topological polar surface area (TPSA) is 93.3 Å². The highest BCUT2D eigenvalue weighted by molar-refractivity contribution is 5.95. The molecular formula is C21H28N4O2. The number of benzene rings is 1. The normalized spacial score (nSPS) is 12.1. The molecule has 27 heavy (non-hydrogen) atoms. The number of para-hydroxylation sites is 1. The molecule has 0 spiro atoms. The molecule has 0 saturated heterocycles. The Labute approximate surface area is 160 Å². The molecule has 2 aromatic heterocycles. The number of ether oxygens (including phenoxy) is 1. The van der Waals surface area contributed by atoms with Gasteiger partial charge in [-0.1, -0.05) is 39.0 Å². The van der Waals surface area contributed by atoms with Gasteiger partial charge in [-0.15, -0.1) is 0 Å². The van der Waals surface area contributed by atoms with Gasteiger partial charge < -0.3 is 20.9 Å². The average molecular weight is 368 g/mol. The summed E-state index contributed by atoms with van der Waals surface area (Å²) in [6.07, 6.45) is 3.10. The number of nitrogens with two attached hydrogens (primary N) is 1. The van der Waals surface area contributed by atoms with Crippen LogP contribution in [-0.2, 0) is 0 Å². The molecule has 3 aromatic rings. The molecule has 3 rings (SSSR count). The van der Waals surface area contributed by atoms with Crippen LogP contribution in [0.3, 0.4) is 0 Å². The Morgan fingerprint density at radius 1 is 1.07 bits per heavy atom. The number of nitrogens with one attached hydrogen (secondary N) is 1. The Morgan fingerprint density at radius 3 is 2.30 bits per heavy atom. The zero-order chi connectivity index (χ0) is 19.9. The molecule has 0 saturated carbocycles. The number of aliphatic hydroxyl groups excluding tert-OH is 1. The zero-order valence-corrected chi connectivity index (χ0v) is 16.3. The number of aromatic nitrogens is 2. The maximum atomic E-state index is 9.07. The summed E-state index contributed by atoms with van der Waals surface area (Å²) in [5.41, 5.74) is 7.92. The fourth-order valence-electron chi connectivity index (χ4n) is 2.34. The third kappa shape index (κ3) is 5.64. The van der Waals surface area contributed by atoms with Gasteiger partial charge in [0.2, 0.25) is 5.88 Å². The number of fused-ring (bicyclic) bond motifs is 1. The van der Waals surface area contributed by atoms with Crippen molar-refractivity contribution >= 4 is 22.3 Å². The molecule has 6 nitrogen and oxygen atoms in total. The van der Waals surface area contributed by atoms with Gasteiger partial charge >= 0.3 is 0 Å². The number of rotatable bonds is 4. The first kappa shape index (κ1) is 20.6. The Kier molecular flexibility index (Phi) is 7.10. The molecule has 2 heterocycles. The summed E-state index contributed by atoms with van der Waals surface area (Å²) in [6.45, 7) is 6.24. The highest BCUT2D eigenvalue weighted by Crippen LogP contribution is 2.28. The summed E-state index contributed by atoms with van der Waals surface area (Å²) in [7, 11) is 1.60. The lowest BCUT2D eigenvalue weighted by molar-refractivity contribution is 0.0709. The standard InChI is InChI=1S/C15H13N3O.C6H15NO/c1-19-15-14-12(7-9-17-15)13(8-10-16-14)18-11-5-3-2-4-6-11;1-6(2,3)5(8)4-7/h2-10H,1H3,(H,16,18);5,8H,4,7H2,1-3H3. The van der Waals surface area contributed by atoms with Crippen LogP contribution < -0.4 is 15.8 Å². The summed E-state index contributed by atoms with van der Waals surface area (Å²) in [6, 6.07) is 13.9. The Hall–Kier alpha value is -2.70. The number of nitrogens with zero attached hydrogens (tertiary/aromatic N) is 2. The van der Waals surface area contributed by atoms with Crippen molar-refractivity contribution in [2.45, 2.75) is 26.9 Å². The van der Waals surface area contributed by atoms with Crippen molar-refractivity contribution in [1.29, 1.82) is 0 Å². The molecule has 1 unspecified atom stereocenters. The van der Waals surface area contributed by atoms with E-state index >= 15 is 0 Å². The van der Waals surface area contributed by atoms with Crippen LogP contribution in [0.4, 0.5) is 11.4 Å². The molecule has 0 aliphatic carbocycles. The van der Waals surface area contributed by atoms with E-state index in [1.54, 1.807) is 19.5 Å². The third-order valence-electron chi connectivity index (χ3n) is 4.09. The molecule has 0 fully saturated rings. The van der Waals surface area contributed by atoms with Crippen LogP contribution in [0.25, 0.3) is 10.9 Å². The number of pyridine rings is 2. The fourth-order valence-corrected chi connectivity index (χ4v) is 2.34. The zero-order valence-electron chi connectivity index (χ0n) is 16.3. The molecule has 0 bridgehead atoms. The summed E-state index contributed by atoms with van der Waals surface area (Å²) in [4.78, 5) is 8.49. The fraction of sp³-hybridized carbons (Fsp3) is 0.333. The van der Waals surface area contributed by atoms with Gasteiger partial charge in [-0.05, 0) is 29.7 Å². The Bertz CT molecular complexity index is 848. The van der Waals surface area contributed by atoms with Crippen molar-refractivity contribution in [3.05, 3.63) is 54.9 Å². The van der Waals surface area contributed by atoms with E-state index in [9.17, 15) is 0 Å². The van der Waals surface area contributed by atoms with Crippen LogP contribution in [0, 0.1) is 5.41 Å². The smallest absolute Gasteiger partial charge is 0.240 e. The minimum atomic E-state index is -0.373. The number of anilines is 2. The first-order valence-electron chi connectivity index (χ1n) is 8.84. The first-order valence-corrected chi connectivity index (χ1v) is 8.84. The number of hydrogen-bond donors (Lipinski definition) is 3. The first-order chi connectivity index (χ1) is 12.9. The summed E-state index contributed by atoms with van der Waals surface area (Å²) >= 11 is 0. The van der Waals surface area contributed by atoms with Crippen LogP contribution in [0.5, 0.6) is 5.88 Å². The van der Waals surface area contributed by atoms with Crippen molar-refractivity contribution in [3.63, 3.8) is 0 Å². The molecule has 4 N–H and O–H groups in total. The van der Waals surface area contributed by atoms with E-state index in [1.165, 1.54) is 0 Å². The van der Waals surface area contributed by atoms with E-state index in [2.05, 4.69) is 15.3 Å². The van der Waals surface area contributed by atoms with Gasteiger partial charge in [0, 0.05) is 35.7 Å². The van der Waals surface area contributed by atoms with E-state index < -0.39 is 0 Å². The van der Waals surface area contributed by atoms with Crippen LogP contribution in [0.2, 0.25) is 0 Å². The quantitative estimate of drug-likeness (QED) is 0.650. The summed E-state index contributed by atoms with van der Waals surface area (Å²) < 4.78 is 5.23. The average Bonchev–Trinajstić information content (AvgIpc) is 2.67. The minimum absolute atomic E-state index is 0.0608. The van der Waals surface area contributed by atoms with Crippen LogP contribution in [0.1, 0.15) is 20.8 Å². The van der Waals surface area contributed by atoms with Crippen molar-refractivity contribution in [2.75, 3.05) is 19.0 Å². The van der Waals surface area contributed by atoms with Crippen LogP contribution in [0.15, 0.2) is 54.9 Å². The lowest BCUT2D eigenvalue weighted by Gasteiger charge is -2.23. The number of aliphatic hydroxyl groups is 1. The molecule has 0 aliphatic heterocycles. The predicted octanol–water partition coefficient (Wildman–Crippen LogP) is 3.73. The Morgan fingerprint density at radius 2 is 1.74 bits per heavy atom. The molecule has 6 heteroatoms. The van der Waals surface area contributed by atoms with Crippen molar-refractivity contribution in [3.8, 4) is 5.88 Å². The monoisotopic (exact) mass is 368 g/mol.